The smallest absolute Gasteiger partial charge is 0.387 e. The van der Waals surface area contributed by atoms with Gasteiger partial charge in [0.05, 0.1) is 24.6 Å². The topological polar surface area (TPSA) is 59.9 Å². The zero-order chi connectivity index (χ0) is 13.7. The van der Waals surface area contributed by atoms with Crippen LogP contribution in [0.1, 0.15) is 5.69 Å². The summed E-state index contributed by atoms with van der Waals surface area (Å²) in [5, 5.41) is 3.34. The Hall–Kier alpha value is -2.02. The number of nitrogens with one attached hydrogen (secondary N) is 1. The van der Waals surface area contributed by atoms with Crippen molar-refractivity contribution in [3.8, 4) is 5.75 Å². The van der Waals surface area contributed by atoms with Gasteiger partial charge in [-0.1, -0.05) is 11.6 Å². The lowest BCUT2D eigenvalue weighted by molar-refractivity contribution is -0.0500. The maximum atomic E-state index is 11.9. The molecular formula is C11H9ClF2N4O. The van der Waals surface area contributed by atoms with Crippen LogP contribution in [-0.4, -0.2) is 21.6 Å². The molecule has 0 aliphatic heterocycles. The molecule has 19 heavy (non-hydrogen) atoms. The fourth-order valence-electron chi connectivity index (χ4n) is 1.31. The number of alkyl halides is 2. The van der Waals surface area contributed by atoms with Gasteiger partial charge in [0.2, 0.25) is 0 Å². The van der Waals surface area contributed by atoms with E-state index >= 15 is 0 Å². The van der Waals surface area contributed by atoms with E-state index in [0.717, 1.165) is 0 Å². The van der Waals surface area contributed by atoms with Crippen LogP contribution in [0.5, 0.6) is 5.75 Å². The Bertz CT molecular complexity index is 538. The molecule has 2 aromatic heterocycles. The Kier molecular flexibility index (Phi) is 4.40. The van der Waals surface area contributed by atoms with Crippen LogP contribution in [0.25, 0.3) is 0 Å². The van der Waals surface area contributed by atoms with E-state index in [4.69, 9.17) is 11.6 Å². The predicted molar refractivity (Wildman–Crippen MR) is 65.2 cm³/mol. The Balaban J connectivity index is 1.95. The van der Waals surface area contributed by atoms with Crippen molar-refractivity contribution >= 4 is 17.4 Å². The molecule has 0 aromatic carbocycles. The maximum Gasteiger partial charge on any atom is 0.387 e. The van der Waals surface area contributed by atoms with Crippen molar-refractivity contribution in [1.82, 2.24) is 15.0 Å². The summed E-state index contributed by atoms with van der Waals surface area (Å²) in [7, 11) is 0. The predicted octanol–water partition coefficient (Wildman–Crippen LogP) is 2.74. The van der Waals surface area contributed by atoms with E-state index in [1.165, 1.54) is 24.8 Å². The third-order valence-corrected chi connectivity index (χ3v) is 2.40. The van der Waals surface area contributed by atoms with Crippen LogP contribution in [0.15, 0.2) is 30.9 Å². The normalized spacial score (nSPS) is 10.5. The van der Waals surface area contributed by atoms with Crippen molar-refractivity contribution in [3.05, 3.63) is 41.6 Å². The molecule has 0 aliphatic carbocycles. The molecule has 0 saturated carbocycles. The summed E-state index contributed by atoms with van der Waals surface area (Å²) in [5.74, 6) is 0.491. The van der Waals surface area contributed by atoms with E-state index in [0.29, 0.717) is 23.1 Å². The van der Waals surface area contributed by atoms with E-state index in [1.54, 1.807) is 6.07 Å². The molecule has 1 N–H and O–H groups in total. The van der Waals surface area contributed by atoms with Crippen LogP contribution in [0.2, 0.25) is 5.02 Å². The van der Waals surface area contributed by atoms with Crippen LogP contribution >= 0.6 is 11.6 Å². The van der Waals surface area contributed by atoms with Crippen LogP contribution in [0.3, 0.4) is 0 Å². The van der Waals surface area contributed by atoms with Crippen molar-refractivity contribution < 1.29 is 13.5 Å². The summed E-state index contributed by atoms with van der Waals surface area (Å²) < 4.78 is 28.1. The maximum absolute atomic E-state index is 11.9. The van der Waals surface area contributed by atoms with Gasteiger partial charge in [0, 0.05) is 0 Å². The fourth-order valence-corrected chi connectivity index (χ4v) is 1.48. The van der Waals surface area contributed by atoms with E-state index < -0.39 is 6.61 Å². The monoisotopic (exact) mass is 286 g/mol. The van der Waals surface area contributed by atoms with Crippen LogP contribution < -0.4 is 10.1 Å². The highest BCUT2D eigenvalue weighted by Crippen LogP contribution is 2.17. The van der Waals surface area contributed by atoms with E-state index in [1.807, 2.05) is 0 Å². The van der Waals surface area contributed by atoms with Gasteiger partial charge in [-0.15, -0.1) is 0 Å². The molecule has 0 bridgehead atoms. The lowest BCUT2D eigenvalue weighted by atomic mass is 10.3. The van der Waals surface area contributed by atoms with Gasteiger partial charge in [0.15, 0.2) is 0 Å². The molecule has 2 rings (SSSR count). The summed E-state index contributed by atoms with van der Waals surface area (Å²) in [4.78, 5) is 11.7. The molecule has 0 radical (unpaired) electrons. The van der Waals surface area contributed by atoms with Crippen molar-refractivity contribution in [2.24, 2.45) is 0 Å². The molecule has 0 amide bonds. The number of anilines is 1. The first-order valence-corrected chi connectivity index (χ1v) is 5.62. The number of halogens is 3. The van der Waals surface area contributed by atoms with Gasteiger partial charge >= 0.3 is 6.61 Å². The third kappa shape index (κ3) is 3.99. The molecule has 0 spiro atoms. The van der Waals surface area contributed by atoms with Crippen LogP contribution in [0.4, 0.5) is 14.6 Å². The molecule has 2 heterocycles. The Labute approximate surface area is 112 Å². The van der Waals surface area contributed by atoms with E-state index in [-0.39, 0.29) is 5.75 Å². The van der Waals surface area contributed by atoms with E-state index in [9.17, 15) is 8.78 Å². The second-order valence-corrected chi connectivity index (χ2v) is 3.84. The molecule has 0 atom stereocenters. The molecule has 0 saturated heterocycles. The first-order valence-electron chi connectivity index (χ1n) is 5.24. The highest BCUT2D eigenvalue weighted by atomic mass is 35.5. The Morgan fingerprint density at radius 2 is 2.11 bits per heavy atom. The summed E-state index contributed by atoms with van der Waals surface area (Å²) in [5.41, 5.74) is 0.635. The third-order valence-electron chi connectivity index (χ3n) is 2.13. The second kappa shape index (κ2) is 6.24. The minimum atomic E-state index is -2.86. The SMILES string of the molecule is FC(F)Oc1ccc(CNc2ncncc2Cl)nc1. The highest BCUT2D eigenvalue weighted by Gasteiger charge is 2.05. The largest absolute Gasteiger partial charge is 0.433 e. The number of hydrogen-bond acceptors (Lipinski definition) is 5. The lowest BCUT2D eigenvalue weighted by Gasteiger charge is -2.07. The minimum Gasteiger partial charge on any atom is -0.433 e. The van der Waals surface area contributed by atoms with Gasteiger partial charge in [-0.05, 0) is 12.1 Å². The molecule has 5 nitrogen and oxygen atoms in total. The van der Waals surface area contributed by atoms with Crippen molar-refractivity contribution in [3.63, 3.8) is 0 Å². The summed E-state index contributed by atoms with van der Waals surface area (Å²) >= 11 is 5.86. The molecule has 0 aliphatic rings. The number of nitrogens with zero attached hydrogens (tertiary/aromatic N) is 3. The van der Waals surface area contributed by atoms with Crippen molar-refractivity contribution in [1.29, 1.82) is 0 Å². The van der Waals surface area contributed by atoms with Crippen LogP contribution in [0, 0.1) is 0 Å². The van der Waals surface area contributed by atoms with Gasteiger partial charge in [-0.3, -0.25) is 4.98 Å². The second-order valence-electron chi connectivity index (χ2n) is 3.44. The van der Waals surface area contributed by atoms with Gasteiger partial charge in [-0.25, -0.2) is 9.97 Å². The standard InChI is InChI=1S/C11H9ClF2N4O/c12-9-5-15-6-18-10(9)17-3-7-1-2-8(4-16-7)19-11(13)14/h1-2,4-6,11H,3H2,(H,15,17,18). The average molecular weight is 287 g/mol. The highest BCUT2D eigenvalue weighted by molar-refractivity contribution is 6.32. The first-order chi connectivity index (χ1) is 9.15. The fraction of sp³-hybridized carbons (Fsp3) is 0.182. The van der Waals surface area contributed by atoms with E-state index in [2.05, 4.69) is 25.0 Å². The summed E-state index contributed by atoms with van der Waals surface area (Å²) in [6, 6.07) is 2.98. The average Bonchev–Trinajstić information content (AvgIpc) is 2.39. The zero-order valence-corrected chi connectivity index (χ0v) is 10.3. The summed E-state index contributed by atoms with van der Waals surface area (Å²) in [6.07, 6.45) is 4.05. The minimum absolute atomic E-state index is 0.0128. The molecule has 2 aromatic rings. The number of hydrogen-bond donors (Lipinski definition) is 1. The summed E-state index contributed by atoms with van der Waals surface area (Å²) in [6.45, 7) is -2.50. The van der Waals surface area contributed by atoms with Gasteiger partial charge in [0.1, 0.15) is 22.9 Å². The lowest BCUT2D eigenvalue weighted by Crippen LogP contribution is -2.05. The number of aromatic nitrogens is 3. The Morgan fingerprint density at radius 1 is 1.26 bits per heavy atom. The Morgan fingerprint density at radius 3 is 2.74 bits per heavy atom. The molecule has 0 unspecified atom stereocenters. The zero-order valence-electron chi connectivity index (χ0n) is 9.55. The van der Waals surface area contributed by atoms with Crippen molar-refractivity contribution in [2.45, 2.75) is 13.2 Å². The first kappa shape index (κ1) is 13.4. The van der Waals surface area contributed by atoms with Crippen molar-refractivity contribution in [2.75, 3.05) is 5.32 Å². The van der Waals surface area contributed by atoms with Gasteiger partial charge < -0.3 is 10.1 Å². The molecule has 0 fully saturated rings. The number of rotatable bonds is 5. The number of pyridine rings is 1. The van der Waals surface area contributed by atoms with Gasteiger partial charge in [-0.2, -0.15) is 8.78 Å². The molecule has 100 valence electrons. The van der Waals surface area contributed by atoms with Gasteiger partial charge in [0.25, 0.3) is 0 Å². The van der Waals surface area contributed by atoms with Crippen LogP contribution in [-0.2, 0) is 6.54 Å². The molecule has 8 heteroatoms. The molecular weight excluding hydrogens is 278 g/mol. The number of ether oxygens (including phenoxy) is 1. The quantitative estimate of drug-likeness (QED) is 0.916.